The Balaban J connectivity index is 1.81. The molecular weight excluding hydrogens is 330 g/mol. The van der Waals surface area contributed by atoms with Gasteiger partial charge in [0.25, 0.3) is 0 Å². The number of nitrogens with two attached hydrogens (primary N) is 1. The van der Waals surface area contributed by atoms with E-state index in [2.05, 4.69) is 10.6 Å². The molecule has 0 aromatic heterocycles. The Bertz CT molecular complexity index is 621. The largest absolute Gasteiger partial charge is 0.495 e. The number of benzene rings is 1. The van der Waals surface area contributed by atoms with E-state index in [0.717, 1.165) is 24.8 Å². The molecule has 1 fully saturated rings. The number of amides is 2. The van der Waals surface area contributed by atoms with Crippen molar-refractivity contribution in [3.63, 3.8) is 0 Å². The van der Waals surface area contributed by atoms with Gasteiger partial charge in [-0.05, 0) is 37.8 Å². The number of carbonyl (C=O) groups is 2. The van der Waals surface area contributed by atoms with Crippen molar-refractivity contribution in [2.45, 2.75) is 38.6 Å². The van der Waals surface area contributed by atoms with Crippen molar-refractivity contribution in [1.82, 2.24) is 5.32 Å². The Morgan fingerprint density at radius 3 is 2.75 bits per heavy atom. The van der Waals surface area contributed by atoms with Crippen LogP contribution < -0.4 is 21.1 Å². The lowest BCUT2D eigenvalue weighted by atomic mass is 10.1. The third kappa shape index (κ3) is 4.85. The maximum Gasteiger partial charge on any atom is 0.226 e. The second kappa shape index (κ2) is 8.35. The number of ether oxygens (including phenoxy) is 1. The molecule has 132 valence electrons. The first-order valence-electron chi connectivity index (χ1n) is 8.08. The molecule has 1 aromatic rings. The standard InChI is InChI=1S/C17H24ClN3O3/c1-10-7-14(15(24-2)9-13(10)18)21-16(22)5-6-20-17(23)11-3-4-12(19)8-11/h7,9,11-12H,3-6,8,19H2,1-2H3,(H,20,23)(H,21,22). The third-order valence-electron chi connectivity index (χ3n) is 4.25. The van der Waals surface area contributed by atoms with Gasteiger partial charge in [-0.15, -0.1) is 0 Å². The van der Waals surface area contributed by atoms with Gasteiger partial charge in [0.15, 0.2) is 0 Å². The van der Waals surface area contributed by atoms with Crippen LogP contribution in [0.3, 0.4) is 0 Å². The van der Waals surface area contributed by atoms with Gasteiger partial charge in [-0.1, -0.05) is 11.6 Å². The summed E-state index contributed by atoms with van der Waals surface area (Å²) in [5, 5.41) is 6.17. The molecule has 2 atom stereocenters. The van der Waals surface area contributed by atoms with Crippen molar-refractivity contribution in [2.24, 2.45) is 11.7 Å². The zero-order chi connectivity index (χ0) is 17.7. The normalized spacial score (nSPS) is 19.8. The molecule has 1 aromatic carbocycles. The molecule has 1 aliphatic carbocycles. The second-order valence-electron chi connectivity index (χ2n) is 6.16. The molecule has 0 aliphatic heterocycles. The average molecular weight is 354 g/mol. The summed E-state index contributed by atoms with van der Waals surface area (Å²) >= 11 is 6.04. The number of nitrogens with one attached hydrogen (secondary N) is 2. The van der Waals surface area contributed by atoms with Crippen LogP contribution in [-0.2, 0) is 9.59 Å². The fourth-order valence-electron chi connectivity index (χ4n) is 2.84. The summed E-state index contributed by atoms with van der Waals surface area (Å²) < 4.78 is 5.22. The average Bonchev–Trinajstić information content (AvgIpc) is 2.97. The van der Waals surface area contributed by atoms with Crippen LogP contribution in [0.4, 0.5) is 5.69 Å². The highest BCUT2D eigenvalue weighted by atomic mass is 35.5. The minimum atomic E-state index is -0.196. The maximum atomic E-state index is 12.1. The van der Waals surface area contributed by atoms with E-state index in [1.807, 2.05) is 6.92 Å². The minimum Gasteiger partial charge on any atom is -0.495 e. The summed E-state index contributed by atoms with van der Waals surface area (Å²) in [5.74, 6) is 0.263. The monoisotopic (exact) mass is 353 g/mol. The van der Waals surface area contributed by atoms with Crippen molar-refractivity contribution in [3.05, 3.63) is 22.7 Å². The lowest BCUT2D eigenvalue weighted by Crippen LogP contribution is -2.32. The van der Waals surface area contributed by atoms with Gasteiger partial charge in [-0.3, -0.25) is 9.59 Å². The minimum absolute atomic E-state index is 0.0179. The summed E-state index contributed by atoms with van der Waals surface area (Å²) in [4.78, 5) is 24.0. The van der Waals surface area contributed by atoms with E-state index in [9.17, 15) is 9.59 Å². The fourth-order valence-corrected chi connectivity index (χ4v) is 2.99. The summed E-state index contributed by atoms with van der Waals surface area (Å²) in [7, 11) is 1.52. The van der Waals surface area contributed by atoms with Crippen molar-refractivity contribution < 1.29 is 14.3 Å². The Hall–Kier alpha value is -1.79. The molecule has 7 heteroatoms. The Morgan fingerprint density at radius 1 is 1.38 bits per heavy atom. The topological polar surface area (TPSA) is 93.5 Å². The Morgan fingerprint density at radius 2 is 2.12 bits per heavy atom. The molecule has 2 amide bonds. The van der Waals surface area contributed by atoms with E-state index in [-0.39, 0.29) is 30.2 Å². The number of hydrogen-bond acceptors (Lipinski definition) is 4. The summed E-state index contributed by atoms with van der Waals surface area (Å²) in [5.41, 5.74) is 7.22. The van der Waals surface area contributed by atoms with Gasteiger partial charge in [0, 0.05) is 36.0 Å². The van der Waals surface area contributed by atoms with E-state index >= 15 is 0 Å². The van der Waals surface area contributed by atoms with E-state index in [1.54, 1.807) is 12.1 Å². The quantitative estimate of drug-likeness (QED) is 0.731. The highest BCUT2D eigenvalue weighted by molar-refractivity contribution is 6.31. The molecule has 4 N–H and O–H groups in total. The first kappa shape index (κ1) is 18.5. The Kier molecular flexibility index (Phi) is 6.45. The number of hydrogen-bond donors (Lipinski definition) is 3. The van der Waals surface area contributed by atoms with Gasteiger partial charge in [0.2, 0.25) is 11.8 Å². The number of rotatable bonds is 6. The van der Waals surface area contributed by atoms with Crippen LogP contribution in [0, 0.1) is 12.8 Å². The fraction of sp³-hybridized carbons (Fsp3) is 0.529. The molecule has 6 nitrogen and oxygen atoms in total. The lowest BCUT2D eigenvalue weighted by molar-refractivity contribution is -0.124. The number of carbonyl (C=O) groups excluding carboxylic acids is 2. The first-order valence-corrected chi connectivity index (χ1v) is 8.45. The number of halogens is 1. The van der Waals surface area contributed by atoms with Crippen LogP contribution in [0.15, 0.2) is 12.1 Å². The SMILES string of the molecule is COc1cc(Cl)c(C)cc1NC(=O)CCNC(=O)C1CCC(N)C1. The van der Waals surface area contributed by atoms with Crippen molar-refractivity contribution in [1.29, 1.82) is 0 Å². The molecule has 2 unspecified atom stereocenters. The molecule has 2 rings (SSSR count). The zero-order valence-corrected chi connectivity index (χ0v) is 14.8. The van der Waals surface area contributed by atoms with Crippen LogP contribution >= 0.6 is 11.6 Å². The number of anilines is 1. The summed E-state index contributed by atoms with van der Waals surface area (Å²) in [6.45, 7) is 2.15. The number of aryl methyl sites for hydroxylation is 1. The maximum absolute atomic E-state index is 12.1. The van der Waals surface area contributed by atoms with Crippen molar-refractivity contribution in [2.75, 3.05) is 19.0 Å². The molecule has 0 saturated heterocycles. The molecular formula is C17H24ClN3O3. The van der Waals surface area contributed by atoms with Crippen LogP contribution in [0.2, 0.25) is 5.02 Å². The highest BCUT2D eigenvalue weighted by Gasteiger charge is 2.27. The molecule has 24 heavy (non-hydrogen) atoms. The lowest BCUT2D eigenvalue weighted by Gasteiger charge is -2.13. The van der Waals surface area contributed by atoms with Gasteiger partial charge in [0.1, 0.15) is 5.75 Å². The highest BCUT2D eigenvalue weighted by Crippen LogP contribution is 2.31. The molecule has 0 bridgehead atoms. The van der Waals surface area contributed by atoms with E-state index in [1.165, 1.54) is 7.11 Å². The van der Waals surface area contributed by atoms with Crippen molar-refractivity contribution in [3.8, 4) is 5.75 Å². The van der Waals surface area contributed by atoms with Gasteiger partial charge < -0.3 is 21.1 Å². The van der Waals surface area contributed by atoms with Crippen LogP contribution in [-0.4, -0.2) is 31.5 Å². The number of methoxy groups -OCH3 is 1. The molecule has 0 heterocycles. The van der Waals surface area contributed by atoms with Crippen LogP contribution in [0.5, 0.6) is 5.75 Å². The smallest absolute Gasteiger partial charge is 0.226 e. The molecule has 0 spiro atoms. The summed E-state index contributed by atoms with van der Waals surface area (Å²) in [6.07, 6.45) is 2.61. The van der Waals surface area contributed by atoms with Gasteiger partial charge in [0.05, 0.1) is 12.8 Å². The van der Waals surface area contributed by atoms with Gasteiger partial charge >= 0.3 is 0 Å². The van der Waals surface area contributed by atoms with E-state index in [0.29, 0.717) is 23.0 Å². The van der Waals surface area contributed by atoms with Gasteiger partial charge in [-0.2, -0.15) is 0 Å². The predicted octanol–water partition coefficient (Wildman–Crippen LogP) is 2.23. The second-order valence-corrected chi connectivity index (χ2v) is 6.57. The Labute approximate surface area is 147 Å². The summed E-state index contributed by atoms with van der Waals surface area (Å²) in [6, 6.07) is 3.54. The van der Waals surface area contributed by atoms with E-state index in [4.69, 9.17) is 22.1 Å². The molecule has 1 saturated carbocycles. The first-order chi connectivity index (χ1) is 11.4. The van der Waals surface area contributed by atoms with Crippen LogP contribution in [0.1, 0.15) is 31.2 Å². The molecule has 0 radical (unpaired) electrons. The molecule has 1 aliphatic rings. The zero-order valence-electron chi connectivity index (χ0n) is 14.0. The predicted molar refractivity (Wildman–Crippen MR) is 94.3 cm³/mol. The third-order valence-corrected chi connectivity index (χ3v) is 4.66. The van der Waals surface area contributed by atoms with Crippen molar-refractivity contribution >= 4 is 29.1 Å². The van der Waals surface area contributed by atoms with E-state index < -0.39 is 0 Å². The van der Waals surface area contributed by atoms with Gasteiger partial charge in [-0.25, -0.2) is 0 Å². The van der Waals surface area contributed by atoms with Crippen LogP contribution in [0.25, 0.3) is 0 Å².